The lowest BCUT2D eigenvalue weighted by molar-refractivity contribution is 0.0690. The molecule has 242 valence electrons. The van der Waals surface area contributed by atoms with Crippen molar-refractivity contribution in [1.29, 1.82) is 0 Å². The van der Waals surface area contributed by atoms with Crippen LogP contribution in [0.15, 0.2) is 146 Å². The molecule has 0 saturated carbocycles. The van der Waals surface area contributed by atoms with E-state index in [0.29, 0.717) is 12.4 Å². The number of carboxylic acids is 1. The zero-order valence-electron chi connectivity index (χ0n) is 27.4. The summed E-state index contributed by atoms with van der Waals surface area (Å²) in [5, 5.41) is 23.3. The van der Waals surface area contributed by atoms with Crippen molar-refractivity contribution in [2.45, 2.75) is 38.3 Å². The Hall–Kier alpha value is -6.15. The number of hydrogen-bond donors (Lipinski definition) is 1. The molecule has 0 aliphatic rings. The maximum absolute atomic E-state index is 11.7. The third-order valence-corrected chi connectivity index (χ3v) is 9.23. The van der Waals surface area contributed by atoms with Crippen molar-refractivity contribution in [3.63, 3.8) is 0 Å². The minimum atomic E-state index is -1.02. The van der Waals surface area contributed by atoms with Gasteiger partial charge in [0.05, 0.1) is 0 Å². The predicted octanol–water partition coefficient (Wildman–Crippen LogP) is 8.30. The third kappa shape index (κ3) is 5.82. The van der Waals surface area contributed by atoms with E-state index in [0.717, 1.165) is 51.2 Å². The first-order valence-electron chi connectivity index (χ1n) is 16.4. The molecule has 7 aromatic rings. The summed E-state index contributed by atoms with van der Waals surface area (Å²) in [5.74, 6) is 0.530. The second-order valence-corrected chi connectivity index (χ2v) is 12.2. The van der Waals surface area contributed by atoms with Crippen LogP contribution in [0.4, 0.5) is 0 Å². The monoisotopic (exact) mass is 644 g/mol. The average molecular weight is 645 g/mol. The minimum Gasteiger partial charge on any atom is -0.476 e. The van der Waals surface area contributed by atoms with Crippen molar-refractivity contribution in [2.24, 2.45) is 0 Å². The summed E-state index contributed by atoms with van der Waals surface area (Å²) in [6.07, 6.45) is 2.50. The van der Waals surface area contributed by atoms with Gasteiger partial charge in [0.1, 0.15) is 11.4 Å². The second-order valence-electron chi connectivity index (χ2n) is 12.2. The number of hydrogen-bond acceptors (Lipinski definition) is 5. The number of aromatic nitrogens is 6. The van der Waals surface area contributed by atoms with Gasteiger partial charge in [-0.1, -0.05) is 153 Å². The largest absolute Gasteiger partial charge is 0.476 e. The Morgan fingerprint density at radius 1 is 0.735 bits per heavy atom. The van der Waals surface area contributed by atoms with Gasteiger partial charge in [-0.2, -0.15) is 0 Å². The van der Waals surface area contributed by atoms with Crippen molar-refractivity contribution in [3.8, 4) is 22.5 Å². The van der Waals surface area contributed by atoms with Crippen LogP contribution in [0.1, 0.15) is 64.8 Å². The quantitative estimate of drug-likeness (QED) is 0.142. The second kappa shape index (κ2) is 13.5. The van der Waals surface area contributed by atoms with Crippen molar-refractivity contribution in [3.05, 3.63) is 179 Å². The van der Waals surface area contributed by atoms with Crippen LogP contribution in [0.25, 0.3) is 22.5 Å². The van der Waals surface area contributed by atoms with E-state index in [1.165, 1.54) is 0 Å². The molecular weight excluding hydrogens is 608 g/mol. The summed E-state index contributed by atoms with van der Waals surface area (Å²) >= 11 is 0. The number of imidazole rings is 1. The van der Waals surface area contributed by atoms with Gasteiger partial charge >= 0.3 is 5.97 Å². The van der Waals surface area contributed by atoms with E-state index < -0.39 is 11.5 Å². The molecule has 7 rings (SSSR count). The molecule has 1 atom stereocenters. The molecule has 0 amide bonds. The maximum atomic E-state index is 11.7. The van der Waals surface area contributed by atoms with Crippen LogP contribution in [0.3, 0.4) is 0 Å². The van der Waals surface area contributed by atoms with E-state index in [4.69, 9.17) is 5.21 Å². The number of tetrazole rings is 1. The van der Waals surface area contributed by atoms with Crippen LogP contribution in [0.2, 0.25) is 0 Å². The average Bonchev–Trinajstić information content (AvgIpc) is 3.82. The van der Waals surface area contributed by atoms with E-state index >= 15 is 0 Å². The molecule has 49 heavy (non-hydrogen) atoms. The van der Waals surface area contributed by atoms with E-state index in [1.807, 2.05) is 76.0 Å². The molecule has 8 heteroatoms. The smallest absolute Gasteiger partial charge is 0.356 e. The van der Waals surface area contributed by atoms with Gasteiger partial charge in [-0.3, -0.25) is 0 Å². The van der Waals surface area contributed by atoms with Crippen molar-refractivity contribution in [1.82, 2.24) is 29.8 Å². The fourth-order valence-corrected chi connectivity index (χ4v) is 6.64. The number of nitrogens with zero attached hydrogens (tertiary/aromatic N) is 6. The predicted molar refractivity (Wildman–Crippen MR) is 190 cm³/mol. The van der Waals surface area contributed by atoms with Crippen molar-refractivity contribution < 1.29 is 9.90 Å². The lowest BCUT2D eigenvalue weighted by Crippen LogP contribution is -2.39. The summed E-state index contributed by atoms with van der Waals surface area (Å²) in [5.41, 5.74) is 6.23. The molecular formula is C41H36N6O2. The fraction of sp³-hybridized carbons (Fsp3) is 0.146. The Bertz CT molecular complexity index is 2080. The first-order chi connectivity index (χ1) is 24.0. The Kier molecular flexibility index (Phi) is 8.68. The topological polar surface area (TPSA) is 98.7 Å². The van der Waals surface area contributed by atoms with Crippen molar-refractivity contribution >= 4 is 5.97 Å². The molecule has 2 aromatic heterocycles. The summed E-state index contributed by atoms with van der Waals surface area (Å²) < 4.78 is 3.90. The molecule has 1 N–H and O–H groups in total. The standard InChI is InChI=1S/C41H36N6O2/c1-3-29(2)38-42-37(40(48)49)28-46(38)27-30-23-25-31(26-24-30)35-21-13-14-22-36(35)39-43-44-45-47(39)41(32-15-7-4-8-16-32,33-17-9-5-10-18-33)34-19-11-6-12-20-34/h4-26,28-29H,3,27H2,1-2H3,(H,48,49). The van der Waals surface area contributed by atoms with E-state index in [9.17, 15) is 9.90 Å². The fourth-order valence-electron chi connectivity index (χ4n) is 6.64. The zero-order valence-corrected chi connectivity index (χ0v) is 27.4. The molecule has 0 radical (unpaired) electrons. The van der Waals surface area contributed by atoms with Gasteiger partial charge in [-0.05, 0) is 50.2 Å². The van der Waals surface area contributed by atoms with E-state index in [-0.39, 0.29) is 11.6 Å². The van der Waals surface area contributed by atoms with Gasteiger partial charge in [-0.15, -0.1) is 5.10 Å². The molecule has 0 aliphatic heterocycles. The van der Waals surface area contributed by atoms with Crippen LogP contribution in [0, 0.1) is 0 Å². The Balaban J connectivity index is 1.34. The van der Waals surface area contributed by atoms with Crippen LogP contribution < -0.4 is 0 Å². The van der Waals surface area contributed by atoms with Crippen LogP contribution in [0.5, 0.6) is 0 Å². The zero-order chi connectivity index (χ0) is 33.8. The number of rotatable bonds is 11. The highest BCUT2D eigenvalue weighted by Gasteiger charge is 2.42. The molecule has 0 spiro atoms. The lowest BCUT2D eigenvalue weighted by Gasteiger charge is -2.36. The number of benzene rings is 5. The number of carbonyl (C=O) groups is 1. The molecule has 0 aliphatic carbocycles. The molecule has 0 saturated heterocycles. The van der Waals surface area contributed by atoms with Crippen LogP contribution in [-0.2, 0) is 12.1 Å². The normalized spacial score (nSPS) is 12.1. The molecule has 8 nitrogen and oxygen atoms in total. The third-order valence-electron chi connectivity index (χ3n) is 9.23. The lowest BCUT2D eigenvalue weighted by atomic mass is 9.77. The van der Waals surface area contributed by atoms with E-state index in [2.05, 4.69) is 102 Å². The summed E-state index contributed by atoms with van der Waals surface area (Å²) in [7, 11) is 0. The van der Waals surface area contributed by atoms with Gasteiger partial charge in [0.25, 0.3) is 0 Å². The molecule has 0 bridgehead atoms. The highest BCUT2D eigenvalue weighted by Crippen LogP contribution is 2.43. The first kappa shape index (κ1) is 31.4. The van der Waals surface area contributed by atoms with Gasteiger partial charge in [0.15, 0.2) is 11.5 Å². The molecule has 5 aromatic carbocycles. The van der Waals surface area contributed by atoms with Crippen LogP contribution >= 0.6 is 0 Å². The first-order valence-corrected chi connectivity index (χ1v) is 16.4. The summed E-state index contributed by atoms with van der Waals surface area (Å²) in [6.45, 7) is 4.67. The van der Waals surface area contributed by atoms with E-state index in [1.54, 1.807) is 6.20 Å². The Labute approximate surface area is 285 Å². The van der Waals surface area contributed by atoms with Gasteiger partial charge in [-0.25, -0.2) is 14.5 Å². The number of carboxylic acid groups (broad SMARTS) is 1. The Morgan fingerprint density at radius 3 is 1.80 bits per heavy atom. The highest BCUT2D eigenvalue weighted by molar-refractivity contribution is 5.85. The SMILES string of the molecule is CCC(C)c1nc(C(=O)O)cn1Cc1ccc(-c2ccccc2-c2nnnn2C(c2ccccc2)(c2ccccc2)c2ccccc2)cc1. The minimum absolute atomic E-state index is 0.0659. The highest BCUT2D eigenvalue weighted by atomic mass is 16.4. The summed E-state index contributed by atoms with van der Waals surface area (Å²) in [4.78, 5) is 16.1. The van der Waals surface area contributed by atoms with Crippen LogP contribution in [-0.4, -0.2) is 40.8 Å². The van der Waals surface area contributed by atoms with Gasteiger partial charge in [0.2, 0.25) is 0 Å². The maximum Gasteiger partial charge on any atom is 0.356 e. The molecule has 2 heterocycles. The van der Waals surface area contributed by atoms with Gasteiger partial charge in [0, 0.05) is 24.2 Å². The van der Waals surface area contributed by atoms with Gasteiger partial charge < -0.3 is 9.67 Å². The van der Waals surface area contributed by atoms with Crippen molar-refractivity contribution in [2.75, 3.05) is 0 Å². The number of aromatic carboxylic acids is 1. The Morgan fingerprint density at radius 2 is 1.27 bits per heavy atom. The summed E-state index contributed by atoms with van der Waals surface area (Å²) in [6, 6.07) is 47.7. The molecule has 0 fully saturated rings. The molecule has 1 unspecified atom stereocenters.